The van der Waals surface area contributed by atoms with Gasteiger partial charge in [0.25, 0.3) is 0 Å². The molecule has 2 aliphatic rings. The molecule has 0 spiro atoms. The maximum atomic E-state index is 13.2. The van der Waals surface area contributed by atoms with Crippen molar-refractivity contribution in [3.8, 4) is 6.07 Å². The van der Waals surface area contributed by atoms with Crippen molar-refractivity contribution < 1.29 is 9.59 Å². The van der Waals surface area contributed by atoms with E-state index in [0.29, 0.717) is 23.0 Å². The van der Waals surface area contributed by atoms with Gasteiger partial charge in [0.1, 0.15) is 0 Å². The summed E-state index contributed by atoms with van der Waals surface area (Å²) < 4.78 is 0. The molecule has 1 saturated carbocycles. The van der Waals surface area contributed by atoms with Crippen LogP contribution >= 0.6 is 0 Å². The molecule has 33 heavy (non-hydrogen) atoms. The summed E-state index contributed by atoms with van der Waals surface area (Å²) in [5, 5.41) is 12.4. The van der Waals surface area contributed by atoms with Crippen molar-refractivity contribution in [2.75, 3.05) is 5.32 Å². The van der Waals surface area contributed by atoms with Crippen LogP contribution in [0.1, 0.15) is 84.5 Å². The minimum absolute atomic E-state index is 0.00541. The molecular formula is C29H34N2O2. The minimum Gasteiger partial charge on any atom is -0.326 e. The van der Waals surface area contributed by atoms with E-state index in [4.69, 9.17) is 0 Å². The first-order chi connectivity index (χ1) is 16.0. The zero-order valence-corrected chi connectivity index (χ0v) is 19.8. The number of benzene rings is 2. The molecule has 4 heteroatoms. The largest absolute Gasteiger partial charge is 0.326 e. The summed E-state index contributed by atoms with van der Waals surface area (Å²) in [4.78, 5) is 26.1. The molecule has 1 amide bonds. The monoisotopic (exact) mass is 442 g/mol. The number of hydrogen-bond donors (Lipinski definition) is 1. The van der Waals surface area contributed by atoms with Crippen LogP contribution in [0.15, 0.2) is 36.4 Å². The molecule has 4 nitrogen and oxygen atoms in total. The van der Waals surface area contributed by atoms with Gasteiger partial charge in [-0.2, -0.15) is 5.26 Å². The Balaban J connectivity index is 1.32. The lowest BCUT2D eigenvalue weighted by atomic mass is 9.76. The predicted molar refractivity (Wildman–Crippen MR) is 131 cm³/mol. The first-order valence-electron chi connectivity index (χ1n) is 12.5. The molecule has 1 atom stereocenters. The molecule has 2 aromatic carbocycles. The van der Waals surface area contributed by atoms with E-state index in [-0.39, 0.29) is 17.7 Å². The van der Waals surface area contributed by atoms with Crippen LogP contribution in [0.2, 0.25) is 0 Å². The molecule has 0 aliphatic heterocycles. The molecule has 0 heterocycles. The Morgan fingerprint density at radius 2 is 1.91 bits per heavy atom. The molecule has 0 saturated heterocycles. The third-order valence-electron chi connectivity index (χ3n) is 7.74. The second kappa shape index (κ2) is 10.3. The topological polar surface area (TPSA) is 70.0 Å². The smallest absolute Gasteiger partial charge is 0.227 e. The van der Waals surface area contributed by atoms with Crippen molar-refractivity contribution in [2.45, 2.75) is 71.6 Å². The van der Waals surface area contributed by atoms with Gasteiger partial charge in [-0.3, -0.25) is 9.59 Å². The summed E-state index contributed by atoms with van der Waals surface area (Å²) >= 11 is 0. The summed E-state index contributed by atoms with van der Waals surface area (Å²) in [6, 6.07) is 13.9. The van der Waals surface area contributed by atoms with Crippen LogP contribution < -0.4 is 5.32 Å². The molecule has 0 aromatic heterocycles. The van der Waals surface area contributed by atoms with Gasteiger partial charge in [-0.05, 0) is 99.5 Å². The van der Waals surface area contributed by atoms with Crippen molar-refractivity contribution in [1.29, 1.82) is 5.26 Å². The van der Waals surface area contributed by atoms with Crippen LogP contribution in [0.5, 0.6) is 0 Å². The minimum atomic E-state index is 0.00541. The van der Waals surface area contributed by atoms with E-state index in [2.05, 4.69) is 24.4 Å². The first-order valence-corrected chi connectivity index (χ1v) is 12.5. The van der Waals surface area contributed by atoms with Crippen molar-refractivity contribution in [3.05, 3.63) is 64.2 Å². The second-order valence-corrected chi connectivity index (χ2v) is 9.83. The third-order valence-corrected chi connectivity index (χ3v) is 7.74. The number of anilines is 1. The number of rotatable bonds is 5. The quantitative estimate of drug-likeness (QED) is 0.545. The Bertz CT molecular complexity index is 1070. The molecule has 1 unspecified atom stereocenters. The van der Waals surface area contributed by atoms with Gasteiger partial charge >= 0.3 is 0 Å². The van der Waals surface area contributed by atoms with E-state index >= 15 is 0 Å². The van der Waals surface area contributed by atoms with Gasteiger partial charge in [-0.25, -0.2) is 0 Å². The van der Waals surface area contributed by atoms with Crippen molar-refractivity contribution in [2.24, 2.45) is 17.8 Å². The first kappa shape index (κ1) is 23.2. The van der Waals surface area contributed by atoms with Crippen LogP contribution in [0.4, 0.5) is 5.69 Å². The number of nitrogens with zero attached hydrogens (tertiary/aromatic N) is 1. The van der Waals surface area contributed by atoms with Crippen LogP contribution in [0, 0.1) is 36.0 Å². The zero-order valence-electron chi connectivity index (χ0n) is 19.8. The number of aryl methyl sites for hydroxylation is 2. The number of Topliss-reactive ketones (excluding diaryl/α,β-unsaturated/α-hetero) is 1. The van der Waals surface area contributed by atoms with Crippen molar-refractivity contribution in [1.82, 2.24) is 0 Å². The fourth-order valence-electron chi connectivity index (χ4n) is 5.74. The second-order valence-electron chi connectivity index (χ2n) is 9.83. The maximum Gasteiger partial charge on any atom is 0.227 e. The van der Waals surface area contributed by atoms with Gasteiger partial charge in [0.05, 0.1) is 11.6 Å². The van der Waals surface area contributed by atoms with Crippen LogP contribution in [-0.2, 0) is 17.6 Å². The summed E-state index contributed by atoms with van der Waals surface area (Å²) in [5.74, 6) is 1.02. The molecule has 2 aliphatic carbocycles. The van der Waals surface area contributed by atoms with E-state index in [1.54, 1.807) is 6.07 Å². The zero-order chi connectivity index (χ0) is 23.4. The fraction of sp³-hybridized carbons (Fsp3) is 0.483. The molecular weight excluding hydrogens is 408 g/mol. The molecule has 4 rings (SSSR count). The highest BCUT2D eigenvalue weighted by Gasteiger charge is 2.32. The van der Waals surface area contributed by atoms with Gasteiger partial charge in [-0.1, -0.05) is 31.2 Å². The highest BCUT2D eigenvalue weighted by Crippen LogP contribution is 2.37. The number of fused-ring (bicyclic) bond motifs is 1. The lowest BCUT2D eigenvalue weighted by Crippen LogP contribution is -2.28. The van der Waals surface area contributed by atoms with Gasteiger partial charge in [0.15, 0.2) is 5.78 Å². The predicted octanol–water partition coefficient (Wildman–Crippen LogP) is 6.40. The van der Waals surface area contributed by atoms with E-state index in [1.807, 2.05) is 31.2 Å². The molecule has 172 valence electrons. The molecule has 1 N–H and O–H groups in total. The Morgan fingerprint density at radius 1 is 1.12 bits per heavy atom. The number of ketones is 1. The lowest BCUT2D eigenvalue weighted by Gasteiger charge is -2.30. The van der Waals surface area contributed by atoms with E-state index < -0.39 is 0 Å². The Hall–Kier alpha value is -2.93. The number of nitriles is 1. The van der Waals surface area contributed by atoms with Gasteiger partial charge < -0.3 is 5.32 Å². The lowest BCUT2D eigenvalue weighted by molar-refractivity contribution is -0.121. The van der Waals surface area contributed by atoms with Crippen LogP contribution in [0.3, 0.4) is 0 Å². The normalized spacial score (nSPS) is 22.7. The van der Waals surface area contributed by atoms with E-state index in [9.17, 15) is 14.9 Å². The number of nitrogens with one attached hydrogen (secondary N) is 1. The fourth-order valence-corrected chi connectivity index (χ4v) is 5.74. The van der Waals surface area contributed by atoms with E-state index in [0.717, 1.165) is 68.9 Å². The van der Waals surface area contributed by atoms with Crippen molar-refractivity contribution >= 4 is 17.4 Å². The van der Waals surface area contributed by atoms with E-state index in [1.165, 1.54) is 11.1 Å². The maximum absolute atomic E-state index is 13.2. The number of hydrogen-bond acceptors (Lipinski definition) is 3. The SMILES string of the molecule is CCc1ccc(NC(=O)C2CCC(CC3CCCc4c(C)cccc4C3=O)CC2)cc1C#N. The average Bonchev–Trinajstić information content (AvgIpc) is 2.99. The summed E-state index contributed by atoms with van der Waals surface area (Å²) in [5.41, 5.74) is 5.76. The Labute approximate surface area is 197 Å². The molecule has 0 radical (unpaired) electrons. The number of amides is 1. The molecule has 1 fully saturated rings. The molecule has 0 bridgehead atoms. The Kier molecular flexibility index (Phi) is 7.28. The Morgan fingerprint density at radius 3 is 2.64 bits per heavy atom. The highest BCUT2D eigenvalue weighted by molar-refractivity contribution is 5.99. The standard InChI is InChI=1S/C29H34N2O2/c1-3-21-14-15-25(17-24(21)18-30)31-29(33)22-12-10-20(11-13-22)16-23-7-5-8-26-19(2)6-4-9-27(26)28(23)32/h4,6,9,14-15,17,20,22-23H,3,5,7-8,10-13,16H2,1-2H3,(H,31,33). The van der Waals surface area contributed by atoms with Gasteiger partial charge in [0, 0.05) is 23.1 Å². The van der Waals surface area contributed by atoms with Gasteiger partial charge in [0.2, 0.25) is 5.91 Å². The number of carbonyl (C=O) groups is 2. The summed E-state index contributed by atoms with van der Waals surface area (Å²) in [6.07, 6.45) is 8.54. The van der Waals surface area contributed by atoms with Crippen LogP contribution in [-0.4, -0.2) is 11.7 Å². The highest BCUT2D eigenvalue weighted by atomic mass is 16.2. The molecule has 2 aromatic rings. The average molecular weight is 443 g/mol. The summed E-state index contributed by atoms with van der Waals surface area (Å²) in [7, 11) is 0. The van der Waals surface area contributed by atoms with Crippen molar-refractivity contribution in [3.63, 3.8) is 0 Å². The third kappa shape index (κ3) is 5.19. The summed E-state index contributed by atoms with van der Waals surface area (Å²) in [6.45, 7) is 4.13. The number of carbonyl (C=O) groups excluding carboxylic acids is 2. The van der Waals surface area contributed by atoms with Gasteiger partial charge in [-0.15, -0.1) is 0 Å². The van der Waals surface area contributed by atoms with Crippen LogP contribution in [0.25, 0.3) is 0 Å².